The van der Waals surface area contributed by atoms with Crippen LogP contribution >= 0.6 is 0 Å². The third-order valence-corrected chi connectivity index (χ3v) is 12.9. The van der Waals surface area contributed by atoms with E-state index >= 15 is 0 Å². The maximum absolute atomic E-state index is 2.53. The lowest BCUT2D eigenvalue weighted by molar-refractivity contribution is -0.142. The molecule has 33 heavy (non-hydrogen) atoms. The molecule has 6 aliphatic carbocycles. The summed E-state index contributed by atoms with van der Waals surface area (Å²) < 4.78 is 0. The van der Waals surface area contributed by atoms with Crippen molar-refractivity contribution in [3.63, 3.8) is 0 Å². The highest BCUT2D eigenvalue weighted by Gasteiger charge is 2.58. The van der Waals surface area contributed by atoms with E-state index in [2.05, 4.69) is 76.2 Å². The minimum atomic E-state index is 0. The fraction of sp³-hybridized carbons (Fsp3) is 1.00. The molecule has 5 unspecified atom stereocenters. The zero-order chi connectivity index (χ0) is 23.4. The van der Waals surface area contributed by atoms with Gasteiger partial charge in [-0.25, -0.2) is 0 Å². The van der Waals surface area contributed by atoms with Crippen LogP contribution in [-0.2, 0) is 0 Å². The lowest BCUT2D eigenvalue weighted by Crippen LogP contribution is -2.55. The van der Waals surface area contributed by atoms with Gasteiger partial charge in [0.25, 0.3) is 0 Å². The minimum Gasteiger partial charge on any atom is -0.0776 e. The van der Waals surface area contributed by atoms with Gasteiger partial charge in [0.15, 0.2) is 0 Å². The van der Waals surface area contributed by atoms with Crippen molar-refractivity contribution in [1.29, 1.82) is 0 Å². The van der Waals surface area contributed by atoms with Crippen molar-refractivity contribution < 1.29 is 0 Å². The lowest BCUT2D eigenvalue weighted by Gasteiger charge is -2.64. The summed E-state index contributed by atoms with van der Waals surface area (Å²) in [5.74, 6) is 6.37. The summed E-state index contributed by atoms with van der Waals surface area (Å²) in [5.41, 5.74) is 2.78. The number of hydrogen-bond donors (Lipinski definition) is 0. The standard InChI is InChI=1S/C16H30.C15H28.2CH4/c1-11(2)15-7-8-16(12(3)4,10-13(15)5)14(6)9-15;1-11(2)14-6-8-15(9-7-14,12(3)4)13(5)10-14;;/h11-14H,7-10H2,1-6H3;11-13H,6-10H2,1-5H3;2*1H4. The van der Waals surface area contributed by atoms with Gasteiger partial charge in [0.05, 0.1) is 0 Å². The Bertz CT molecular complexity index is 574. The van der Waals surface area contributed by atoms with Crippen molar-refractivity contribution in [2.24, 2.45) is 63.1 Å². The predicted molar refractivity (Wildman–Crippen MR) is 152 cm³/mol. The summed E-state index contributed by atoms with van der Waals surface area (Å²) in [5, 5.41) is 0. The number of rotatable bonds is 4. The number of hydrogen-bond acceptors (Lipinski definition) is 0. The molecule has 0 nitrogen and oxygen atoms in total. The smallest absolute Gasteiger partial charge is 0.0246 e. The molecular weight excluding hydrogens is 396 g/mol. The molecule has 0 saturated heterocycles. The van der Waals surface area contributed by atoms with Gasteiger partial charge in [-0.2, -0.15) is 0 Å². The molecule has 6 fully saturated rings. The van der Waals surface area contributed by atoms with Crippen molar-refractivity contribution in [1.82, 2.24) is 0 Å². The van der Waals surface area contributed by atoms with Crippen LogP contribution in [0.3, 0.4) is 0 Å². The molecule has 5 atom stereocenters. The molecule has 6 aliphatic rings. The normalized spacial score (nSPS) is 43.9. The summed E-state index contributed by atoms with van der Waals surface area (Å²) in [6, 6.07) is 0. The summed E-state index contributed by atoms with van der Waals surface area (Å²) in [6.45, 7) is 27.2. The van der Waals surface area contributed by atoms with Gasteiger partial charge in [-0.05, 0) is 121 Å². The molecule has 0 aromatic rings. The highest BCUT2D eigenvalue weighted by molar-refractivity contribution is 5.07. The van der Waals surface area contributed by atoms with Gasteiger partial charge in [-0.3, -0.25) is 0 Å². The van der Waals surface area contributed by atoms with Crippen LogP contribution in [-0.4, -0.2) is 0 Å². The molecule has 198 valence electrons. The molecule has 0 spiro atoms. The van der Waals surface area contributed by atoms with Crippen LogP contribution in [0.4, 0.5) is 0 Å². The Kier molecular flexibility index (Phi) is 9.92. The molecule has 0 N–H and O–H groups in total. The molecule has 0 amide bonds. The Hall–Kier alpha value is 0. The van der Waals surface area contributed by atoms with Crippen LogP contribution in [0, 0.1) is 63.1 Å². The lowest BCUT2D eigenvalue weighted by atomic mass is 9.41. The van der Waals surface area contributed by atoms with Crippen LogP contribution < -0.4 is 0 Å². The molecule has 0 radical (unpaired) electrons. The van der Waals surface area contributed by atoms with Gasteiger partial charge >= 0.3 is 0 Å². The Labute approximate surface area is 211 Å². The largest absolute Gasteiger partial charge is 0.0776 e. The van der Waals surface area contributed by atoms with E-state index in [1.54, 1.807) is 0 Å². The third-order valence-electron chi connectivity index (χ3n) is 12.9. The fourth-order valence-electron chi connectivity index (χ4n) is 9.98. The van der Waals surface area contributed by atoms with E-state index in [-0.39, 0.29) is 14.9 Å². The van der Waals surface area contributed by atoms with Gasteiger partial charge in [0.2, 0.25) is 0 Å². The van der Waals surface area contributed by atoms with Gasteiger partial charge in [-0.1, -0.05) is 91.0 Å². The van der Waals surface area contributed by atoms with E-state index in [0.29, 0.717) is 16.2 Å². The van der Waals surface area contributed by atoms with E-state index in [9.17, 15) is 0 Å². The topological polar surface area (TPSA) is 0 Å². The van der Waals surface area contributed by atoms with E-state index in [1.807, 2.05) is 0 Å². The zero-order valence-corrected chi connectivity index (χ0v) is 23.4. The summed E-state index contributed by atoms with van der Waals surface area (Å²) in [7, 11) is 0. The predicted octanol–water partition coefficient (Wildman–Crippen LogP) is 11.3. The summed E-state index contributed by atoms with van der Waals surface area (Å²) >= 11 is 0. The minimum absolute atomic E-state index is 0. The maximum atomic E-state index is 2.53. The first-order valence-electron chi connectivity index (χ1n) is 14.3. The van der Waals surface area contributed by atoms with Crippen LogP contribution in [0.2, 0.25) is 0 Å². The molecule has 6 rings (SSSR count). The van der Waals surface area contributed by atoms with Crippen molar-refractivity contribution in [3.8, 4) is 0 Å². The van der Waals surface area contributed by atoms with Crippen LogP contribution in [0.5, 0.6) is 0 Å². The van der Waals surface area contributed by atoms with Crippen LogP contribution in [0.1, 0.15) is 149 Å². The SMILES string of the molecule is C.C.CC(C)C12CCC(C(C)C)(CC1)C(C)C2.CC(C)C12CCC(C(C)C)(CC1C)C(C)C2. The van der Waals surface area contributed by atoms with Gasteiger partial charge in [0, 0.05) is 0 Å². The van der Waals surface area contributed by atoms with Crippen LogP contribution in [0.25, 0.3) is 0 Å². The number of fused-ring (bicyclic) bond motifs is 6. The van der Waals surface area contributed by atoms with E-state index in [0.717, 1.165) is 46.8 Å². The molecule has 0 aromatic carbocycles. The van der Waals surface area contributed by atoms with Crippen molar-refractivity contribution in [2.45, 2.75) is 149 Å². The average Bonchev–Trinajstić information content (AvgIpc) is 2.70. The quantitative estimate of drug-likeness (QED) is 0.389. The van der Waals surface area contributed by atoms with Crippen molar-refractivity contribution in [3.05, 3.63) is 0 Å². The first-order valence-corrected chi connectivity index (χ1v) is 14.3. The molecule has 6 saturated carbocycles. The zero-order valence-electron chi connectivity index (χ0n) is 23.4. The van der Waals surface area contributed by atoms with Crippen molar-refractivity contribution in [2.75, 3.05) is 0 Å². The summed E-state index contributed by atoms with van der Waals surface area (Å²) in [4.78, 5) is 0. The third kappa shape index (κ3) is 4.73. The maximum Gasteiger partial charge on any atom is -0.0246 e. The average molecular weight is 463 g/mol. The van der Waals surface area contributed by atoms with E-state index in [4.69, 9.17) is 0 Å². The van der Waals surface area contributed by atoms with E-state index < -0.39 is 0 Å². The van der Waals surface area contributed by atoms with Crippen molar-refractivity contribution >= 4 is 0 Å². The molecule has 0 heteroatoms. The first-order chi connectivity index (χ1) is 14.3. The van der Waals surface area contributed by atoms with Gasteiger partial charge in [0.1, 0.15) is 0 Å². The summed E-state index contributed by atoms with van der Waals surface area (Å²) in [6.07, 6.45) is 13.5. The molecular formula is C33H66. The second-order valence-electron chi connectivity index (χ2n) is 14.5. The van der Waals surface area contributed by atoms with Gasteiger partial charge < -0.3 is 0 Å². The fourth-order valence-corrected chi connectivity index (χ4v) is 9.98. The second kappa shape index (κ2) is 10.5. The highest BCUT2D eigenvalue weighted by Crippen LogP contribution is 2.67. The van der Waals surface area contributed by atoms with E-state index in [1.165, 1.54) is 57.8 Å². The van der Waals surface area contributed by atoms with Crippen LogP contribution in [0.15, 0.2) is 0 Å². The second-order valence-corrected chi connectivity index (χ2v) is 14.5. The Balaban J connectivity index is 0.000000312. The molecule has 0 aliphatic heterocycles. The first kappa shape index (κ1) is 31.0. The Morgan fingerprint density at radius 1 is 0.424 bits per heavy atom. The molecule has 0 heterocycles. The highest BCUT2D eigenvalue weighted by atomic mass is 14.6. The molecule has 4 bridgehead atoms. The van der Waals surface area contributed by atoms with Gasteiger partial charge in [-0.15, -0.1) is 0 Å². The monoisotopic (exact) mass is 463 g/mol. The molecule has 0 aromatic heterocycles. The Morgan fingerprint density at radius 2 is 0.727 bits per heavy atom. The Morgan fingerprint density at radius 3 is 0.970 bits per heavy atom.